The Labute approximate surface area is 95.7 Å². The van der Waals surface area contributed by atoms with Crippen LogP contribution in [0.1, 0.15) is 49.0 Å². The van der Waals surface area contributed by atoms with Crippen molar-refractivity contribution in [2.45, 2.75) is 38.8 Å². The van der Waals surface area contributed by atoms with Gasteiger partial charge in [-0.2, -0.15) is 0 Å². The molecule has 0 N–H and O–H groups in total. The van der Waals surface area contributed by atoms with Crippen LogP contribution >= 0.6 is 0 Å². The number of alkyl halides is 1. The van der Waals surface area contributed by atoms with Crippen molar-refractivity contribution in [3.8, 4) is 0 Å². The van der Waals surface area contributed by atoms with Gasteiger partial charge in [-0.25, -0.2) is 4.39 Å². The summed E-state index contributed by atoms with van der Waals surface area (Å²) >= 11 is 0. The van der Waals surface area contributed by atoms with Crippen LogP contribution in [0.2, 0.25) is 0 Å². The molecule has 0 amide bonds. The monoisotopic (exact) mass is 220 g/mol. The molecule has 1 aromatic rings. The summed E-state index contributed by atoms with van der Waals surface area (Å²) in [7, 11) is 0. The standard InChI is InChI=1S/C14H17FO/c1-10(16)11-6-8-13(9-7-11)14(2,15)12-4-3-5-12/h6-9,12H,3-5H2,1-2H3. The quantitative estimate of drug-likeness (QED) is 0.706. The van der Waals surface area contributed by atoms with E-state index in [1.54, 1.807) is 31.2 Å². The van der Waals surface area contributed by atoms with E-state index in [1.165, 1.54) is 6.92 Å². The van der Waals surface area contributed by atoms with Crippen molar-refractivity contribution in [2.75, 3.05) is 0 Å². The minimum Gasteiger partial charge on any atom is -0.295 e. The molecule has 0 saturated heterocycles. The maximum absolute atomic E-state index is 14.5. The SMILES string of the molecule is CC(=O)c1ccc(C(C)(F)C2CCC2)cc1. The normalized spacial score (nSPS) is 19.9. The highest BCUT2D eigenvalue weighted by Crippen LogP contribution is 2.44. The first-order valence-electron chi connectivity index (χ1n) is 5.82. The molecule has 1 saturated carbocycles. The van der Waals surface area contributed by atoms with Crippen LogP contribution < -0.4 is 0 Å². The number of carbonyl (C=O) groups excluding carboxylic acids is 1. The first kappa shape index (κ1) is 11.3. The Bertz CT molecular complexity index is 388. The second-order valence-electron chi connectivity index (χ2n) is 4.84. The van der Waals surface area contributed by atoms with Gasteiger partial charge in [0.15, 0.2) is 5.78 Å². The van der Waals surface area contributed by atoms with Crippen LogP contribution in [-0.2, 0) is 5.67 Å². The van der Waals surface area contributed by atoms with Gasteiger partial charge in [-0.05, 0) is 38.2 Å². The zero-order chi connectivity index (χ0) is 11.8. The van der Waals surface area contributed by atoms with Gasteiger partial charge in [0.2, 0.25) is 0 Å². The molecule has 1 nitrogen and oxygen atoms in total. The maximum atomic E-state index is 14.5. The van der Waals surface area contributed by atoms with E-state index in [1.807, 2.05) is 0 Å². The van der Waals surface area contributed by atoms with Crippen molar-refractivity contribution < 1.29 is 9.18 Å². The third-order valence-electron chi connectivity index (χ3n) is 3.73. The van der Waals surface area contributed by atoms with Crippen molar-refractivity contribution in [1.29, 1.82) is 0 Å². The zero-order valence-electron chi connectivity index (χ0n) is 9.79. The topological polar surface area (TPSA) is 17.1 Å². The first-order chi connectivity index (χ1) is 7.51. The lowest BCUT2D eigenvalue weighted by Gasteiger charge is -2.37. The number of rotatable bonds is 3. The molecule has 0 spiro atoms. The molecule has 2 heteroatoms. The summed E-state index contributed by atoms with van der Waals surface area (Å²) < 4.78 is 14.5. The smallest absolute Gasteiger partial charge is 0.159 e. The molecular formula is C14H17FO. The molecule has 2 rings (SSSR count). The Morgan fingerprint density at radius 3 is 2.25 bits per heavy atom. The minimum absolute atomic E-state index is 0.0238. The number of carbonyl (C=O) groups is 1. The van der Waals surface area contributed by atoms with Gasteiger partial charge in [-0.3, -0.25) is 4.79 Å². The van der Waals surface area contributed by atoms with E-state index in [4.69, 9.17) is 0 Å². The molecule has 0 aromatic heterocycles. The van der Waals surface area contributed by atoms with E-state index < -0.39 is 5.67 Å². The predicted molar refractivity (Wildman–Crippen MR) is 62.2 cm³/mol. The molecule has 1 aromatic carbocycles. The van der Waals surface area contributed by atoms with Crippen molar-refractivity contribution in [3.63, 3.8) is 0 Å². The summed E-state index contributed by atoms with van der Waals surface area (Å²) in [6, 6.07) is 6.92. The Morgan fingerprint density at radius 1 is 1.31 bits per heavy atom. The molecule has 0 heterocycles. The highest BCUT2D eigenvalue weighted by molar-refractivity contribution is 5.94. The number of halogens is 1. The fourth-order valence-corrected chi connectivity index (χ4v) is 2.22. The summed E-state index contributed by atoms with van der Waals surface area (Å²) in [6.07, 6.45) is 3.08. The molecule has 0 aliphatic heterocycles. The lowest BCUT2D eigenvalue weighted by atomic mass is 9.72. The predicted octanol–water partition coefficient (Wildman–Crippen LogP) is 3.87. The summed E-state index contributed by atoms with van der Waals surface area (Å²) in [5.74, 6) is 0.173. The van der Waals surface area contributed by atoms with Crippen molar-refractivity contribution >= 4 is 5.78 Å². The molecule has 1 aliphatic rings. The van der Waals surface area contributed by atoms with Crippen LogP contribution in [0.3, 0.4) is 0 Å². The molecular weight excluding hydrogens is 203 g/mol. The molecule has 1 fully saturated rings. The molecule has 16 heavy (non-hydrogen) atoms. The molecule has 0 radical (unpaired) electrons. The number of hydrogen-bond acceptors (Lipinski definition) is 1. The number of hydrogen-bond donors (Lipinski definition) is 0. The molecule has 1 atom stereocenters. The zero-order valence-corrected chi connectivity index (χ0v) is 9.79. The highest BCUT2D eigenvalue weighted by Gasteiger charge is 2.39. The lowest BCUT2D eigenvalue weighted by molar-refractivity contribution is 0.0463. The van der Waals surface area contributed by atoms with Gasteiger partial charge in [-0.1, -0.05) is 30.7 Å². The van der Waals surface area contributed by atoms with E-state index in [0.29, 0.717) is 11.1 Å². The Balaban J connectivity index is 2.23. The van der Waals surface area contributed by atoms with Gasteiger partial charge in [0, 0.05) is 5.56 Å². The molecule has 0 bridgehead atoms. The van der Waals surface area contributed by atoms with E-state index in [0.717, 1.165) is 19.3 Å². The Hall–Kier alpha value is -1.18. The van der Waals surface area contributed by atoms with Crippen molar-refractivity contribution in [3.05, 3.63) is 35.4 Å². The molecule has 1 aliphatic carbocycles. The van der Waals surface area contributed by atoms with Crippen LogP contribution in [0.4, 0.5) is 4.39 Å². The lowest BCUT2D eigenvalue weighted by Crippen LogP contribution is -2.32. The van der Waals surface area contributed by atoms with Gasteiger partial charge >= 0.3 is 0 Å². The van der Waals surface area contributed by atoms with E-state index in [2.05, 4.69) is 0 Å². The van der Waals surface area contributed by atoms with E-state index in [9.17, 15) is 9.18 Å². The average molecular weight is 220 g/mol. The molecule has 86 valence electrons. The fourth-order valence-electron chi connectivity index (χ4n) is 2.22. The summed E-state index contributed by atoms with van der Waals surface area (Å²) in [5, 5.41) is 0. The molecule has 1 unspecified atom stereocenters. The second kappa shape index (κ2) is 4.00. The summed E-state index contributed by atoms with van der Waals surface area (Å²) in [6.45, 7) is 3.18. The van der Waals surface area contributed by atoms with Crippen molar-refractivity contribution in [1.82, 2.24) is 0 Å². The van der Waals surface area contributed by atoms with Gasteiger partial charge in [0.05, 0.1) is 0 Å². The van der Waals surface area contributed by atoms with Gasteiger partial charge in [-0.15, -0.1) is 0 Å². The van der Waals surface area contributed by atoms with Gasteiger partial charge < -0.3 is 0 Å². The third-order valence-corrected chi connectivity index (χ3v) is 3.73. The number of ketones is 1. The van der Waals surface area contributed by atoms with Crippen LogP contribution in [0, 0.1) is 5.92 Å². The van der Waals surface area contributed by atoms with E-state index in [-0.39, 0.29) is 11.7 Å². The second-order valence-corrected chi connectivity index (χ2v) is 4.84. The summed E-state index contributed by atoms with van der Waals surface area (Å²) in [5.41, 5.74) is 0.100. The third kappa shape index (κ3) is 1.89. The van der Waals surface area contributed by atoms with Crippen LogP contribution in [0.5, 0.6) is 0 Å². The summed E-state index contributed by atoms with van der Waals surface area (Å²) in [4.78, 5) is 11.1. The van der Waals surface area contributed by atoms with Gasteiger partial charge in [0.25, 0.3) is 0 Å². The number of Topliss-reactive ketones (excluding diaryl/α,β-unsaturated/α-hetero) is 1. The Kier molecular flexibility index (Phi) is 2.83. The highest BCUT2D eigenvalue weighted by atomic mass is 19.1. The average Bonchev–Trinajstić information content (AvgIpc) is 2.14. The first-order valence-corrected chi connectivity index (χ1v) is 5.82. The Morgan fingerprint density at radius 2 is 1.88 bits per heavy atom. The van der Waals surface area contributed by atoms with Gasteiger partial charge in [0.1, 0.15) is 5.67 Å². The van der Waals surface area contributed by atoms with Crippen LogP contribution in [0.15, 0.2) is 24.3 Å². The maximum Gasteiger partial charge on any atom is 0.159 e. The minimum atomic E-state index is -1.24. The number of benzene rings is 1. The fraction of sp³-hybridized carbons (Fsp3) is 0.500. The largest absolute Gasteiger partial charge is 0.295 e. The van der Waals surface area contributed by atoms with E-state index >= 15 is 0 Å². The van der Waals surface area contributed by atoms with Crippen molar-refractivity contribution in [2.24, 2.45) is 5.92 Å². The van der Waals surface area contributed by atoms with Crippen LogP contribution in [-0.4, -0.2) is 5.78 Å². The van der Waals surface area contributed by atoms with Crippen LogP contribution in [0.25, 0.3) is 0 Å².